The molecule has 0 N–H and O–H groups in total. The van der Waals surface area contributed by atoms with Crippen molar-refractivity contribution in [2.45, 2.75) is 60.3 Å². The van der Waals surface area contributed by atoms with Crippen LogP contribution in [0.1, 0.15) is 59.3 Å². The summed E-state index contributed by atoms with van der Waals surface area (Å²) in [6, 6.07) is 0. The molecule has 5 heteroatoms. The van der Waals surface area contributed by atoms with Gasteiger partial charge in [0.1, 0.15) is 0 Å². The van der Waals surface area contributed by atoms with Crippen LogP contribution in [0.5, 0.6) is 0 Å². The van der Waals surface area contributed by atoms with Crippen LogP contribution < -0.4 is 0 Å². The Bertz CT molecular complexity index is 135. The van der Waals surface area contributed by atoms with Crippen molar-refractivity contribution in [3.05, 3.63) is 0 Å². The van der Waals surface area contributed by atoms with Crippen molar-refractivity contribution in [3.8, 4) is 0 Å². The normalized spacial score (nSPS) is 11.3. The van der Waals surface area contributed by atoms with Gasteiger partial charge in [0.25, 0.3) is 0 Å². The molecular weight excluding hydrogens is 507 g/mol. The summed E-state index contributed by atoms with van der Waals surface area (Å²) in [6.07, 6.45) is 13.2. The maximum Gasteiger partial charge on any atom is 0.189 e. The molecule has 0 aliphatic carbocycles. The van der Waals surface area contributed by atoms with Gasteiger partial charge in [-0.1, -0.05) is 40.0 Å². The highest BCUT2D eigenvalue weighted by Crippen LogP contribution is 2.39. The van der Waals surface area contributed by atoms with Gasteiger partial charge in [0.15, 0.2) is 1.05 Å². The fourth-order valence-corrected chi connectivity index (χ4v) is 4.44. The maximum atomic E-state index is 3.12. The Balaban J connectivity index is 0. The summed E-state index contributed by atoms with van der Waals surface area (Å²) in [4.78, 5) is 0. The molecule has 0 fully saturated rings. The van der Waals surface area contributed by atoms with E-state index in [9.17, 15) is 0 Å². The van der Waals surface area contributed by atoms with Gasteiger partial charge in [0.2, 0.25) is 0 Å². The van der Waals surface area contributed by atoms with Crippen molar-refractivity contribution in [2.75, 3.05) is 18.5 Å². The minimum atomic E-state index is -0.250. The summed E-state index contributed by atoms with van der Waals surface area (Å²) < 4.78 is -0.250. The molecule has 18 heavy (non-hydrogen) atoms. The van der Waals surface area contributed by atoms with Gasteiger partial charge in [-0.15, -0.1) is 7.92 Å². The SMILES string of the molecule is BrC(Br)(Br)Br.CCCCP(CCCC)CCCC. The predicted octanol–water partition coefficient (Wildman–Crippen LogP) is 8.05. The van der Waals surface area contributed by atoms with Crippen molar-refractivity contribution in [1.82, 2.24) is 0 Å². The second kappa shape index (κ2) is 15.7. The summed E-state index contributed by atoms with van der Waals surface area (Å²) in [5.74, 6) is 0. The number of rotatable bonds is 9. The molecule has 0 unspecified atom stereocenters. The zero-order chi connectivity index (χ0) is 14.4. The van der Waals surface area contributed by atoms with Gasteiger partial charge in [0.05, 0.1) is 0 Å². The molecule has 0 amide bonds. The summed E-state index contributed by atoms with van der Waals surface area (Å²) >= 11 is 12.5. The standard InChI is InChI=1S/C12H27P.CBr4/c1-4-7-10-13(11-8-5-2)12-9-6-3;2-1(3,4)5/h4-12H2,1-3H3;. The van der Waals surface area contributed by atoms with E-state index >= 15 is 0 Å². The first-order chi connectivity index (χ1) is 8.35. The molecule has 112 valence electrons. The van der Waals surface area contributed by atoms with Crippen molar-refractivity contribution < 1.29 is 0 Å². The second-order valence-corrected chi connectivity index (χ2v) is 18.2. The van der Waals surface area contributed by atoms with E-state index in [1.165, 1.54) is 38.5 Å². The highest BCUT2D eigenvalue weighted by atomic mass is 80.0. The van der Waals surface area contributed by atoms with Crippen LogP contribution in [0.4, 0.5) is 0 Å². The molecule has 0 radical (unpaired) electrons. The van der Waals surface area contributed by atoms with Gasteiger partial charge in [-0.25, -0.2) is 0 Å². The zero-order valence-electron chi connectivity index (χ0n) is 11.8. The quantitative estimate of drug-likeness (QED) is 0.208. The van der Waals surface area contributed by atoms with E-state index < -0.39 is 0 Å². The summed E-state index contributed by atoms with van der Waals surface area (Å²) in [5.41, 5.74) is 0. The predicted molar refractivity (Wildman–Crippen MR) is 105 cm³/mol. The van der Waals surface area contributed by atoms with E-state index in [4.69, 9.17) is 0 Å². The smallest absolute Gasteiger partial charge is 0.107 e. The first-order valence-electron chi connectivity index (χ1n) is 6.83. The number of hydrogen-bond acceptors (Lipinski definition) is 0. The van der Waals surface area contributed by atoms with Gasteiger partial charge < -0.3 is 0 Å². The van der Waals surface area contributed by atoms with Crippen LogP contribution in [0.3, 0.4) is 0 Å². The van der Waals surface area contributed by atoms with Crippen LogP contribution in [0.15, 0.2) is 0 Å². The van der Waals surface area contributed by atoms with E-state index in [1.807, 2.05) is 0 Å². The molecule has 0 aliphatic heterocycles. The summed E-state index contributed by atoms with van der Waals surface area (Å²) in [7, 11) is 0.422. The van der Waals surface area contributed by atoms with E-state index in [0.717, 1.165) is 0 Å². The average molecular weight is 534 g/mol. The fraction of sp³-hybridized carbons (Fsp3) is 1.00. The van der Waals surface area contributed by atoms with Crippen LogP contribution >= 0.6 is 71.6 Å². The van der Waals surface area contributed by atoms with E-state index in [0.29, 0.717) is 7.92 Å². The van der Waals surface area contributed by atoms with Crippen LogP contribution in [0, 0.1) is 0 Å². The molecule has 0 aromatic carbocycles. The Hall–Kier alpha value is 2.35. The third-order valence-corrected chi connectivity index (χ3v) is 5.33. The van der Waals surface area contributed by atoms with Crippen molar-refractivity contribution in [1.29, 1.82) is 0 Å². The van der Waals surface area contributed by atoms with Gasteiger partial charge in [-0.3, -0.25) is 0 Å². The first kappa shape index (κ1) is 22.6. The van der Waals surface area contributed by atoms with E-state index in [2.05, 4.69) is 84.5 Å². The second-order valence-electron chi connectivity index (χ2n) is 4.33. The molecule has 0 nitrogen and oxygen atoms in total. The lowest BCUT2D eigenvalue weighted by Crippen LogP contribution is -1.95. The Morgan fingerprint density at radius 1 is 0.667 bits per heavy atom. The zero-order valence-corrected chi connectivity index (χ0v) is 19.1. The molecule has 0 spiro atoms. The van der Waals surface area contributed by atoms with Crippen molar-refractivity contribution in [3.63, 3.8) is 0 Å². The largest absolute Gasteiger partial charge is 0.189 e. The van der Waals surface area contributed by atoms with Crippen LogP contribution in [0.25, 0.3) is 0 Å². The molecule has 0 aliphatic rings. The fourth-order valence-electron chi connectivity index (χ4n) is 1.48. The van der Waals surface area contributed by atoms with Gasteiger partial charge in [0, 0.05) is 0 Å². The van der Waals surface area contributed by atoms with Gasteiger partial charge in [-0.05, 0) is 101 Å². The lowest BCUT2D eigenvalue weighted by Gasteiger charge is -2.16. The highest BCUT2D eigenvalue weighted by Gasteiger charge is 2.08. The molecular formula is C13H27Br4P. The molecule has 0 atom stereocenters. The summed E-state index contributed by atoms with van der Waals surface area (Å²) in [6.45, 7) is 6.94. The third-order valence-electron chi connectivity index (χ3n) is 2.48. The van der Waals surface area contributed by atoms with Crippen molar-refractivity contribution >= 4 is 71.6 Å². The van der Waals surface area contributed by atoms with Crippen LogP contribution in [0.2, 0.25) is 0 Å². The van der Waals surface area contributed by atoms with Crippen LogP contribution in [-0.2, 0) is 0 Å². The Kier molecular flexibility index (Phi) is 19.8. The van der Waals surface area contributed by atoms with E-state index in [1.54, 1.807) is 18.5 Å². The molecule has 0 heterocycles. The Morgan fingerprint density at radius 2 is 0.889 bits per heavy atom. The molecule has 0 bridgehead atoms. The monoisotopic (exact) mass is 530 g/mol. The minimum Gasteiger partial charge on any atom is -0.107 e. The number of hydrogen-bond donors (Lipinski definition) is 0. The number of alkyl halides is 4. The van der Waals surface area contributed by atoms with Crippen LogP contribution in [-0.4, -0.2) is 19.5 Å². The lowest BCUT2D eigenvalue weighted by atomic mass is 10.4. The average Bonchev–Trinajstić information content (AvgIpc) is 2.26. The Morgan fingerprint density at radius 3 is 1.06 bits per heavy atom. The minimum absolute atomic E-state index is 0.250. The molecule has 0 saturated heterocycles. The molecule has 0 aromatic heterocycles. The first-order valence-corrected chi connectivity index (χ1v) is 11.9. The third kappa shape index (κ3) is 26.8. The number of unbranched alkanes of at least 4 members (excludes halogenated alkanes) is 3. The molecule has 0 rings (SSSR count). The maximum absolute atomic E-state index is 3.12. The molecule has 0 saturated carbocycles. The topological polar surface area (TPSA) is 0 Å². The summed E-state index contributed by atoms with van der Waals surface area (Å²) in [5, 5.41) is 0. The van der Waals surface area contributed by atoms with Gasteiger partial charge >= 0.3 is 0 Å². The van der Waals surface area contributed by atoms with E-state index in [-0.39, 0.29) is 1.05 Å². The number of halogens is 4. The van der Waals surface area contributed by atoms with Crippen molar-refractivity contribution in [2.24, 2.45) is 0 Å². The highest BCUT2D eigenvalue weighted by molar-refractivity contribution is 9.52. The lowest BCUT2D eigenvalue weighted by molar-refractivity contribution is 0.847. The Labute approximate surface area is 149 Å². The van der Waals surface area contributed by atoms with Gasteiger partial charge in [-0.2, -0.15) is 0 Å². The molecule has 0 aromatic rings.